The minimum absolute atomic E-state index is 0.392. The summed E-state index contributed by atoms with van der Waals surface area (Å²) in [7, 11) is 1.64. The third-order valence-corrected chi connectivity index (χ3v) is 2.04. The molecule has 0 aliphatic rings. The van der Waals surface area contributed by atoms with E-state index >= 15 is 0 Å². The molecule has 76 valence electrons. The molecule has 14 heavy (non-hydrogen) atoms. The molecule has 0 amide bonds. The maximum absolute atomic E-state index is 9.47. The molecular weight excluding hydrogens is 176 g/mol. The highest BCUT2D eigenvalue weighted by atomic mass is 16.5. The molecule has 0 fully saturated rings. The van der Waals surface area contributed by atoms with Gasteiger partial charge < -0.3 is 9.84 Å². The van der Waals surface area contributed by atoms with E-state index in [9.17, 15) is 5.11 Å². The largest absolute Gasteiger partial charge is 0.508 e. The fourth-order valence-electron chi connectivity index (χ4n) is 1.30. The van der Waals surface area contributed by atoms with E-state index in [1.807, 2.05) is 24.3 Å². The van der Waals surface area contributed by atoms with Gasteiger partial charge in [0.2, 0.25) is 0 Å². The molecule has 0 aliphatic carbocycles. The summed E-state index contributed by atoms with van der Waals surface area (Å²) >= 11 is 0. The maximum atomic E-state index is 9.47. The Morgan fingerprint density at radius 2 is 2.14 bits per heavy atom. The van der Waals surface area contributed by atoms with Crippen molar-refractivity contribution in [1.29, 1.82) is 0 Å². The highest BCUT2D eigenvalue weighted by Crippen LogP contribution is 2.17. The molecule has 0 aliphatic heterocycles. The van der Waals surface area contributed by atoms with E-state index in [-0.39, 0.29) is 0 Å². The van der Waals surface area contributed by atoms with Gasteiger partial charge in [-0.05, 0) is 37.0 Å². The van der Waals surface area contributed by atoms with Crippen molar-refractivity contribution in [2.24, 2.45) is 0 Å². The van der Waals surface area contributed by atoms with E-state index in [0.29, 0.717) is 5.75 Å². The molecule has 1 aromatic carbocycles. The molecule has 2 heteroatoms. The number of aryl methyl sites for hydroxylation is 1. The number of phenols is 1. The molecule has 0 saturated carbocycles. The summed E-state index contributed by atoms with van der Waals surface area (Å²) in [5, 5.41) is 9.47. The number of ether oxygens (including phenoxy) is 1. The van der Waals surface area contributed by atoms with E-state index in [2.05, 4.69) is 0 Å². The first kappa shape index (κ1) is 10.6. The molecule has 0 aromatic heterocycles. The third-order valence-electron chi connectivity index (χ3n) is 2.04. The van der Waals surface area contributed by atoms with Crippen molar-refractivity contribution < 1.29 is 9.84 Å². The van der Waals surface area contributed by atoms with Gasteiger partial charge in [0.1, 0.15) is 5.75 Å². The van der Waals surface area contributed by atoms with Gasteiger partial charge in [-0.25, -0.2) is 0 Å². The fraction of sp³-hybridized carbons (Fsp3) is 0.333. The zero-order chi connectivity index (χ0) is 10.2. The second-order valence-electron chi connectivity index (χ2n) is 3.13. The Hall–Kier alpha value is -1.44. The van der Waals surface area contributed by atoms with Crippen LogP contribution in [0.2, 0.25) is 0 Å². The van der Waals surface area contributed by atoms with Crippen LogP contribution in [0.15, 0.2) is 36.6 Å². The molecule has 2 nitrogen and oxygen atoms in total. The van der Waals surface area contributed by atoms with Gasteiger partial charge in [0.05, 0.1) is 13.4 Å². The number of benzene rings is 1. The Morgan fingerprint density at radius 3 is 2.86 bits per heavy atom. The summed E-state index contributed by atoms with van der Waals surface area (Å²) in [6.07, 6.45) is 6.57. The van der Waals surface area contributed by atoms with Gasteiger partial charge in [0.15, 0.2) is 0 Å². The van der Waals surface area contributed by atoms with Crippen molar-refractivity contribution in [3.8, 4) is 5.75 Å². The standard InChI is InChI=1S/C12H16O2/c1-14-10-6-2-3-7-11-8-4-5-9-12(11)13/h4-6,8-10,13H,2-3,7H2,1H3/b10-6+. The van der Waals surface area contributed by atoms with Crippen molar-refractivity contribution in [2.45, 2.75) is 19.3 Å². The first-order valence-electron chi connectivity index (χ1n) is 4.79. The normalized spacial score (nSPS) is 10.6. The topological polar surface area (TPSA) is 29.5 Å². The molecule has 0 unspecified atom stereocenters. The Bertz CT molecular complexity index is 292. The van der Waals surface area contributed by atoms with Crippen LogP contribution in [-0.2, 0) is 11.2 Å². The van der Waals surface area contributed by atoms with Crippen LogP contribution in [0.3, 0.4) is 0 Å². The number of aromatic hydroxyl groups is 1. The monoisotopic (exact) mass is 192 g/mol. The van der Waals surface area contributed by atoms with Crippen molar-refractivity contribution in [1.82, 2.24) is 0 Å². The first-order valence-corrected chi connectivity index (χ1v) is 4.79. The molecule has 0 atom stereocenters. The highest BCUT2D eigenvalue weighted by Gasteiger charge is 1.97. The Balaban J connectivity index is 2.31. The second-order valence-corrected chi connectivity index (χ2v) is 3.13. The molecule has 0 bridgehead atoms. The highest BCUT2D eigenvalue weighted by molar-refractivity contribution is 5.31. The van der Waals surface area contributed by atoms with Crippen LogP contribution in [0.25, 0.3) is 0 Å². The Morgan fingerprint density at radius 1 is 1.36 bits per heavy atom. The summed E-state index contributed by atoms with van der Waals surface area (Å²) in [4.78, 5) is 0. The second kappa shape index (κ2) is 6.08. The van der Waals surface area contributed by atoms with E-state index < -0.39 is 0 Å². The lowest BCUT2D eigenvalue weighted by molar-refractivity contribution is 0.336. The molecule has 0 spiro atoms. The minimum Gasteiger partial charge on any atom is -0.508 e. The van der Waals surface area contributed by atoms with Crippen molar-refractivity contribution in [3.63, 3.8) is 0 Å². The summed E-state index contributed by atoms with van der Waals surface area (Å²) in [6.45, 7) is 0. The van der Waals surface area contributed by atoms with Crippen LogP contribution in [0, 0.1) is 0 Å². The minimum atomic E-state index is 0.392. The Kier molecular flexibility index (Phi) is 4.62. The van der Waals surface area contributed by atoms with Gasteiger partial charge in [0, 0.05) is 0 Å². The van der Waals surface area contributed by atoms with Gasteiger partial charge in [-0.15, -0.1) is 0 Å². The summed E-state index contributed by atoms with van der Waals surface area (Å²) in [6, 6.07) is 7.46. The number of hydrogen-bond donors (Lipinski definition) is 1. The molecule has 0 radical (unpaired) electrons. The van der Waals surface area contributed by atoms with Crippen LogP contribution in [0.4, 0.5) is 0 Å². The lowest BCUT2D eigenvalue weighted by Gasteiger charge is -2.01. The first-order chi connectivity index (χ1) is 6.84. The van der Waals surface area contributed by atoms with Crippen molar-refractivity contribution in [2.75, 3.05) is 7.11 Å². The molecule has 1 rings (SSSR count). The van der Waals surface area contributed by atoms with E-state index in [4.69, 9.17) is 4.74 Å². The number of rotatable bonds is 5. The number of phenolic OH excluding ortho intramolecular Hbond substituents is 1. The van der Waals surface area contributed by atoms with Crippen LogP contribution in [0.1, 0.15) is 18.4 Å². The Labute approximate surface area is 84.8 Å². The van der Waals surface area contributed by atoms with Crippen LogP contribution < -0.4 is 0 Å². The van der Waals surface area contributed by atoms with Crippen LogP contribution >= 0.6 is 0 Å². The summed E-state index contributed by atoms with van der Waals surface area (Å²) < 4.78 is 4.79. The lowest BCUT2D eigenvalue weighted by atomic mass is 10.1. The fourth-order valence-corrected chi connectivity index (χ4v) is 1.30. The zero-order valence-corrected chi connectivity index (χ0v) is 8.44. The van der Waals surface area contributed by atoms with Gasteiger partial charge >= 0.3 is 0 Å². The SMILES string of the molecule is CO/C=C/CCCc1ccccc1O. The van der Waals surface area contributed by atoms with E-state index in [1.165, 1.54) is 0 Å². The number of unbranched alkanes of at least 4 members (excludes halogenated alkanes) is 1. The van der Waals surface area contributed by atoms with Gasteiger partial charge in [-0.3, -0.25) is 0 Å². The van der Waals surface area contributed by atoms with E-state index in [0.717, 1.165) is 24.8 Å². The lowest BCUT2D eigenvalue weighted by Crippen LogP contribution is -1.84. The number of para-hydroxylation sites is 1. The van der Waals surface area contributed by atoms with Gasteiger partial charge in [-0.2, -0.15) is 0 Å². The molecular formula is C12H16O2. The number of methoxy groups -OCH3 is 1. The van der Waals surface area contributed by atoms with Gasteiger partial charge in [-0.1, -0.05) is 18.2 Å². The molecule has 1 N–H and O–H groups in total. The molecule has 0 heterocycles. The smallest absolute Gasteiger partial charge is 0.118 e. The quantitative estimate of drug-likeness (QED) is 0.574. The van der Waals surface area contributed by atoms with E-state index in [1.54, 1.807) is 19.4 Å². The molecule has 1 aromatic rings. The summed E-state index contributed by atoms with van der Waals surface area (Å²) in [5.41, 5.74) is 1.01. The van der Waals surface area contributed by atoms with Crippen molar-refractivity contribution in [3.05, 3.63) is 42.2 Å². The number of allylic oxidation sites excluding steroid dienone is 1. The molecule has 0 saturated heterocycles. The summed E-state index contributed by atoms with van der Waals surface area (Å²) in [5.74, 6) is 0.392. The number of hydrogen-bond acceptors (Lipinski definition) is 2. The van der Waals surface area contributed by atoms with Crippen LogP contribution in [-0.4, -0.2) is 12.2 Å². The third kappa shape index (κ3) is 3.52. The predicted molar refractivity (Wildman–Crippen MR) is 57.2 cm³/mol. The van der Waals surface area contributed by atoms with Crippen LogP contribution in [0.5, 0.6) is 5.75 Å². The predicted octanol–water partition coefficient (Wildman–Crippen LogP) is 2.88. The zero-order valence-electron chi connectivity index (χ0n) is 8.44. The van der Waals surface area contributed by atoms with Gasteiger partial charge in [0.25, 0.3) is 0 Å². The average Bonchev–Trinajstić information content (AvgIpc) is 2.20. The average molecular weight is 192 g/mol. The van der Waals surface area contributed by atoms with Crippen molar-refractivity contribution >= 4 is 0 Å². The maximum Gasteiger partial charge on any atom is 0.118 e.